The van der Waals surface area contributed by atoms with Crippen LogP contribution in [0.15, 0.2) is 58.5 Å². The van der Waals surface area contributed by atoms with E-state index in [1.807, 2.05) is 0 Å². The van der Waals surface area contributed by atoms with Gasteiger partial charge in [0.1, 0.15) is 0 Å². The van der Waals surface area contributed by atoms with Crippen molar-refractivity contribution in [3.05, 3.63) is 78.7 Å². The van der Waals surface area contributed by atoms with E-state index in [2.05, 4.69) is 31.9 Å². The Hall–Kier alpha value is -3.47. The van der Waals surface area contributed by atoms with Crippen LogP contribution in [0.25, 0.3) is 0 Å². The highest BCUT2D eigenvalue weighted by Crippen LogP contribution is 2.34. The Morgan fingerprint density at radius 2 is 1.65 bits per heavy atom. The molecule has 0 unspecified atom stereocenters. The van der Waals surface area contributed by atoms with Crippen molar-refractivity contribution in [2.24, 2.45) is 0 Å². The topological polar surface area (TPSA) is 139 Å². The third kappa shape index (κ3) is 3.47. The van der Waals surface area contributed by atoms with Crippen LogP contribution in [0.4, 0.5) is 22.7 Å². The van der Waals surface area contributed by atoms with Gasteiger partial charge >= 0.3 is 11.6 Å². The van der Waals surface area contributed by atoms with Gasteiger partial charge in [0.25, 0.3) is 5.69 Å². The van der Waals surface area contributed by atoms with E-state index < -0.39 is 21.5 Å². The van der Waals surface area contributed by atoms with Gasteiger partial charge in [0, 0.05) is 22.3 Å². The minimum Gasteiger partial charge on any atom is -0.334 e. The number of carbonyl (C=O) groups excluding carboxylic acids is 1. The number of nitrogens with zero attached hydrogens (tertiary/aromatic N) is 2. The second kappa shape index (κ2) is 6.80. The van der Waals surface area contributed by atoms with Crippen molar-refractivity contribution in [3.8, 4) is 0 Å². The summed E-state index contributed by atoms with van der Waals surface area (Å²) in [5, 5.41) is 30.0. The Morgan fingerprint density at radius 1 is 1.00 bits per heavy atom. The van der Waals surface area contributed by atoms with Gasteiger partial charge in [-0.05, 0) is 30.3 Å². The summed E-state index contributed by atoms with van der Waals surface area (Å²) in [4.78, 5) is 33.1. The summed E-state index contributed by atoms with van der Waals surface area (Å²) in [6.07, 6.45) is 0. The van der Waals surface area contributed by atoms with Crippen molar-refractivity contribution in [3.63, 3.8) is 0 Å². The molecule has 26 heavy (non-hydrogen) atoms. The Morgan fingerprint density at radius 3 is 2.27 bits per heavy atom. The first-order chi connectivity index (χ1) is 12.3. The molecule has 1 aliphatic heterocycles. The van der Waals surface area contributed by atoms with Crippen molar-refractivity contribution in [1.29, 1.82) is 0 Å². The first-order valence-corrected chi connectivity index (χ1v) is 7.92. The first kappa shape index (κ1) is 17.4. The third-order valence-corrected chi connectivity index (χ3v) is 4.00. The lowest BCUT2D eigenvalue weighted by Crippen LogP contribution is -2.24. The molecule has 2 aromatic carbocycles. The van der Waals surface area contributed by atoms with E-state index in [0.29, 0.717) is 11.4 Å². The van der Waals surface area contributed by atoms with E-state index in [4.69, 9.17) is 0 Å². The summed E-state index contributed by atoms with van der Waals surface area (Å²) in [7, 11) is 0. The van der Waals surface area contributed by atoms with E-state index in [-0.39, 0.29) is 17.2 Å². The fourth-order valence-electron chi connectivity index (χ4n) is 2.29. The number of fused-ring (bicyclic) bond motifs is 1. The normalized spacial score (nSPS) is 13.9. The molecule has 10 nitrogen and oxygen atoms in total. The number of carbonyl (C=O) groups is 1. The maximum Gasteiger partial charge on any atom is 0.373 e. The molecule has 0 bridgehead atoms. The molecule has 1 amide bonds. The smallest absolute Gasteiger partial charge is 0.334 e. The van der Waals surface area contributed by atoms with Crippen LogP contribution in [-0.4, -0.2) is 15.8 Å². The summed E-state index contributed by atoms with van der Waals surface area (Å²) < 4.78 is 0.791. The van der Waals surface area contributed by atoms with Gasteiger partial charge in [-0.1, -0.05) is 15.9 Å². The third-order valence-electron chi connectivity index (χ3n) is 3.47. The maximum absolute atomic E-state index is 12.3. The molecule has 0 spiro atoms. The quantitative estimate of drug-likeness (QED) is 0.392. The van der Waals surface area contributed by atoms with Crippen molar-refractivity contribution in [2.45, 2.75) is 0 Å². The second-order valence-corrected chi connectivity index (χ2v) is 6.09. The average Bonchev–Trinajstić information content (AvgIpc) is 2.98. The molecule has 1 aliphatic rings. The molecule has 2 aromatic rings. The van der Waals surface area contributed by atoms with Crippen LogP contribution in [0.2, 0.25) is 0 Å². The van der Waals surface area contributed by atoms with E-state index in [1.54, 1.807) is 24.3 Å². The van der Waals surface area contributed by atoms with Gasteiger partial charge in [-0.2, -0.15) is 0 Å². The summed E-state index contributed by atoms with van der Waals surface area (Å²) in [6.45, 7) is 0. The number of hydrogen-bond donors (Lipinski definition) is 3. The van der Waals surface area contributed by atoms with Crippen molar-refractivity contribution in [2.75, 3.05) is 16.0 Å². The molecule has 3 N–H and O–H groups in total. The number of anilines is 3. The fraction of sp³-hybridized carbons (Fsp3) is 0. The minimum atomic E-state index is -0.936. The number of nitrogens with one attached hydrogen (secondary N) is 3. The first-order valence-electron chi connectivity index (χ1n) is 7.13. The monoisotopic (exact) mass is 419 g/mol. The Labute approximate surface area is 154 Å². The van der Waals surface area contributed by atoms with Crippen molar-refractivity contribution < 1.29 is 14.6 Å². The summed E-state index contributed by atoms with van der Waals surface area (Å²) in [5.41, 5.74) is 0.115. The number of amides is 1. The molecular formula is C15H10BrN5O5. The highest BCUT2D eigenvalue weighted by atomic mass is 79.9. The van der Waals surface area contributed by atoms with Crippen molar-refractivity contribution >= 4 is 44.6 Å². The van der Waals surface area contributed by atoms with E-state index in [1.165, 1.54) is 18.2 Å². The largest absolute Gasteiger partial charge is 0.373 e. The van der Waals surface area contributed by atoms with Gasteiger partial charge in [0.15, 0.2) is 5.82 Å². The molecule has 1 heterocycles. The van der Waals surface area contributed by atoms with E-state index >= 15 is 0 Å². The van der Waals surface area contributed by atoms with Crippen LogP contribution in [0, 0.1) is 20.2 Å². The summed E-state index contributed by atoms with van der Waals surface area (Å²) in [5.74, 6) is -1.10. The molecule has 0 aliphatic carbocycles. The molecule has 11 heteroatoms. The van der Waals surface area contributed by atoms with Crippen LogP contribution < -0.4 is 16.0 Å². The Kier molecular flexibility index (Phi) is 4.54. The SMILES string of the molecule is O=C(Nc1ccc(Br)cc1)C(=C1Nc2ccc([N+](=O)[O-])cc2N1)[N+](=O)[O-]. The average molecular weight is 420 g/mol. The van der Waals surface area contributed by atoms with E-state index in [9.17, 15) is 25.0 Å². The van der Waals surface area contributed by atoms with Crippen LogP contribution >= 0.6 is 15.9 Å². The minimum absolute atomic E-state index is 0.167. The highest BCUT2D eigenvalue weighted by Gasteiger charge is 2.32. The van der Waals surface area contributed by atoms with E-state index in [0.717, 1.165) is 4.47 Å². The highest BCUT2D eigenvalue weighted by molar-refractivity contribution is 9.10. The lowest BCUT2D eigenvalue weighted by atomic mass is 10.2. The number of nitro benzene ring substituents is 1. The number of halogens is 1. The predicted molar refractivity (Wildman–Crippen MR) is 97.1 cm³/mol. The lowest BCUT2D eigenvalue weighted by Gasteiger charge is -2.06. The van der Waals surface area contributed by atoms with Crippen LogP contribution in [-0.2, 0) is 4.79 Å². The van der Waals surface area contributed by atoms with Gasteiger partial charge < -0.3 is 16.0 Å². The molecular weight excluding hydrogens is 410 g/mol. The molecule has 0 saturated carbocycles. The Balaban J connectivity index is 1.89. The number of rotatable bonds is 4. The molecule has 0 fully saturated rings. The zero-order valence-electron chi connectivity index (χ0n) is 12.9. The number of non-ortho nitro benzene ring substituents is 1. The summed E-state index contributed by atoms with van der Waals surface area (Å²) in [6, 6.07) is 10.4. The molecule has 3 rings (SSSR count). The van der Waals surface area contributed by atoms with Gasteiger partial charge in [-0.3, -0.25) is 25.0 Å². The van der Waals surface area contributed by atoms with Crippen molar-refractivity contribution in [1.82, 2.24) is 0 Å². The van der Waals surface area contributed by atoms with Gasteiger partial charge in [-0.25, -0.2) is 0 Å². The molecule has 0 radical (unpaired) electrons. The van der Waals surface area contributed by atoms with Gasteiger partial charge in [0.2, 0.25) is 0 Å². The molecule has 132 valence electrons. The molecule has 0 aromatic heterocycles. The van der Waals surface area contributed by atoms with Gasteiger partial charge in [-0.15, -0.1) is 0 Å². The number of nitro groups is 2. The number of hydrogen-bond acceptors (Lipinski definition) is 7. The van der Waals surface area contributed by atoms with Crippen LogP contribution in [0.3, 0.4) is 0 Å². The zero-order valence-corrected chi connectivity index (χ0v) is 14.4. The van der Waals surface area contributed by atoms with Gasteiger partial charge in [0.05, 0.1) is 21.2 Å². The zero-order chi connectivity index (χ0) is 18.8. The molecule has 0 saturated heterocycles. The fourth-order valence-corrected chi connectivity index (χ4v) is 2.55. The van der Waals surface area contributed by atoms with Crippen LogP contribution in [0.1, 0.15) is 0 Å². The lowest BCUT2D eigenvalue weighted by molar-refractivity contribution is -0.419. The Bertz CT molecular complexity index is 957. The number of benzene rings is 2. The molecule has 0 atom stereocenters. The standard InChI is InChI=1S/C15H10BrN5O5/c16-8-1-3-9(4-2-8)17-15(22)13(21(25)26)14-18-11-6-5-10(20(23)24)7-12(11)19-14/h1-7,18-19H,(H,17,22). The predicted octanol–water partition coefficient (Wildman–Crippen LogP) is 3.28. The summed E-state index contributed by atoms with van der Waals surface area (Å²) >= 11 is 3.25. The second-order valence-electron chi connectivity index (χ2n) is 5.18. The van der Waals surface area contributed by atoms with Crippen LogP contribution in [0.5, 0.6) is 0 Å². The maximum atomic E-state index is 12.3.